The van der Waals surface area contributed by atoms with Crippen LogP contribution in [-0.2, 0) is 9.84 Å². The summed E-state index contributed by atoms with van der Waals surface area (Å²) in [4.78, 5) is -0.174. The fourth-order valence-electron chi connectivity index (χ4n) is 2.47. The molecule has 0 aromatic heterocycles. The summed E-state index contributed by atoms with van der Waals surface area (Å²) in [6.45, 7) is 0. The Morgan fingerprint density at radius 3 is 2.65 bits per heavy atom. The second kappa shape index (κ2) is 4.74. The van der Waals surface area contributed by atoms with E-state index in [2.05, 4.69) is 5.32 Å². The zero-order chi connectivity index (χ0) is 12.5. The van der Waals surface area contributed by atoms with Gasteiger partial charge in [0.15, 0.2) is 9.84 Å². The molecule has 1 aliphatic carbocycles. The van der Waals surface area contributed by atoms with Crippen molar-refractivity contribution in [3.8, 4) is 0 Å². The molecule has 0 heterocycles. The van der Waals surface area contributed by atoms with E-state index in [-0.39, 0.29) is 10.9 Å². The molecule has 0 radical (unpaired) electrons. The van der Waals surface area contributed by atoms with Crippen molar-refractivity contribution in [2.75, 3.05) is 7.05 Å². The van der Waals surface area contributed by atoms with Gasteiger partial charge in [0.1, 0.15) is 10.7 Å². The average Bonchev–Trinajstić information content (AvgIpc) is 2.78. The normalized spacial score (nSPS) is 25.1. The first kappa shape index (κ1) is 12.5. The zero-order valence-electron chi connectivity index (χ0n) is 9.69. The van der Waals surface area contributed by atoms with Crippen molar-refractivity contribution in [2.24, 2.45) is 0 Å². The van der Waals surface area contributed by atoms with Gasteiger partial charge in [-0.25, -0.2) is 12.8 Å². The van der Waals surface area contributed by atoms with E-state index < -0.39 is 20.9 Å². The van der Waals surface area contributed by atoms with Gasteiger partial charge in [0.05, 0.1) is 5.25 Å². The fourth-order valence-corrected chi connectivity index (χ4v) is 4.58. The Bertz CT molecular complexity index is 501. The van der Waals surface area contributed by atoms with Gasteiger partial charge in [0.25, 0.3) is 0 Å². The number of rotatable bonds is 3. The summed E-state index contributed by atoms with van der Waals surface area (Å²) in [5.74, 6) is -0.658. The maximum absolute atomic E-state index is 13.6. The van der Waals surface area contributed by atoms with Gasteiger partial charge in [-0.05, 0) is 32.0 Å². The first-order valence-electron chi connectivity index (χ1n) is 5.73. The summed E-state index contributed by atoms with van der Waals surface area (Å²) in [7, 11) is -1.82. The van der Waals surface area contributed by atoms with Gasteiger partial charge in [-0.2, -0.15) is 0 Å². The van der Waals surface area contributed by atoms with E-state index in [9.17, 15) is 12.8 Å². The molecule has 2 rings (SSSR count). The van der Waals surface area contributed by atoms with Crippen LogP contribution < -0.4 is 5.32 Å². The summed E-state index contributed by atoms with van der Waals surface area (Å²) in [5.41, 5.74) is 0. The summed E-state index contributed by atoms with van der Waals surface area (Å²) in [6.07, 6.45) is 2.29. The number of nitrogens with one attached hydrogen (secondary N) is 1. The molecule has 17 heavy (non-hydrogen) atoms. The molecule has 2 unspecified atom stereocenters. The van der Waals surface area contributed by atoms with Crippen LogP contribution >= 0.6 is 0 Å². The maximum Gasteiger partial charge on any atom is 0.185 e. The Morgan fingerprint density at radius 2 is 2.00 bits per heavy atom. The van der Waals surface area contributed by atoms with E-state index in [1.54, 1.807) is 13.1 Å². The first-order chi connectivity index (χ1) is 8.07. The minimum atomic E-state index is -3.57. The third kappa shape index (κ3) is 2.21. The maximum atomic E-state index is 13.6. The standard InChI is InChI=1S/C12H16FNO2S/c1-14-10-6-4-8-12(10)17(15,16)11-7-3-2-5-9(11)13/h2-3,5,7,10,12,14H,4,6,8H2,1H3. The molecule has 3 nitrogen and oxygen atoms in total. The van der Waals surface area contributed by atoms with Crippen LogP contribution in [0.3, 0.4) is 0 Å². The number of halogens is 1. The molecule has 0 spiro atoms. The molecular weight excluding hydrogens is 241 g/mol. The number of hydrogen-bond donors (Lipinski definition) is 1. The third-order valence-corrected chi connectivity index (χ3v) is 5.67. The van der Waals surface area contributed by atoms with Crippen LogP contribution in [0.15, 0.2) is 29.2 Å². The van der Waals surface area contributed by atoms with Crippen molar-refractivity contribution in [3.63, 3.8) is 0 Å². The van der Waals surface area contributed by atoms with Crippen LogP contribution in [0.1, 0.15) is 19.3 Å². The molecule has 5 heteroatoms. The molecule has 1 aliphatic rings. The summed E-state index contributed by atoms with van der Waals surface area (Å²) < 4.78 is 38.3. The average molecular weight is 257 g/mol. The minimum absolute atomic E-state index is 0.0698. The van der Waals surface area contributed by atoms with E-state index in [4.69, 9.17) is 0 Å². The van der Waals surface area contributed by atoms with E-state index in [0.29, 0.717) is 6.42 Å². The molecular formula is C12H16FNO2S. The SMILES string of the molecule is CNC1CCCC1S(=O)(=O)c1ccccc1F. The van der Waals surface area contributed by atoms with Crippen molar-refractivity contribution in [1.82, 2.24) is 5.32 Å². The van der Waals surface area contributed by atoms with Crippen LogP contribution in [0.5, 0.6) is 0 Å². The lowest BCUT2D eigenvalue weighted by atomic mass is 10.2. The Kier molecular flexibility index (Phi) is 3.49. The van der Waals surface area contributed by atoms with Crippen LogP contribution in [0.4, 0.5) is 4.39 Å². The van der Waals surface area contributed by atoms with Gasteiger partial charge in [0.2, 0.25) is 0 Å². The molecule has 1 aromatic carbocycles. The van der Waals surface area contributed by atoms with Crippen molar-refractivity contribution in [3.05, 3.63) is 30.1 Å². The van der Waals surface area contributed by atoms with Crippen LogP contribution in [0.25, 0.3) is 0 Å². The smallest absolute Gasteiger partial charge is 0.185 e. The van der Waals surface area contributed by atoms with Crippen molar-refractivity contribution < 1.29 is 12.8 Å². The highest BCUT2D eigenvalue weighted by atomic mass is 32.2. The van der Waals surface area contributed by atoms with E-state index in [1.807, 2.05) is 0 Å². The summed E-state index contributed by atoms with van der Waals surface area (Å²) in [6, 6.07) is 5.52. The molecule has 0 amide bonds. The second-order valence-electron chi connectivity index (χ2n) is 4.34. The number of sulfone groups is 1. The topological polar surface area (TPSA) is 46.2 Å². The van der Waals surface area contributed by atoms with Crippen molar-refractivity contribution in [2.45, 2.75) is 35.4 Å². The van der Waals surface area contributed by atoms with E-state index >= 15 is 0 Å². The molecule has 0 aliphatic heterocycles. The van der Waals surface area contributed by atoms with Crippen molar-refractivity contribution in [1.29, 1.82) is 0 Å². The van der Waals surface area contributed by atoms with Crippen LogP contribution in [0.2, 0.25) is 0 Å². The Hall–Kier alpha value is -0.940. The first-order valence-corrected chi connectivity index (χ1v) is 7.27. The fraction of sp³-hybridized carbons (Fsp3) is 0.500. The predicted molar refractivity (Wildman–Crippen MR) is 64.1 cm³/mol. The predicted octanol–water partition coefficient (Wildman–Crippen LogP) is 1.74. The molecule has 0 bridgehead atoms. The minimum Gasteiger partial charge on any atom is -0.316 e. The molecule has 94 valence electrons. The summed E-state index contributed by atoms with van der Waals surface area (Å²) in [5, 5.41) is 2.50. The second-order valence-corrected chi connectivity index (χ2v) is 6.48. The Morgan fingerprint density at radius 1 is 1.29 bits per heavy atom. The van der Waals surface area contributed by atoms with Gasteiger partial charge in [-0.1, -0.05) is 18.6 Å². The zero-order valence-corrected chi connectivity index (χ0v) is 10.5. The lowest BCUT2D eigenvalue weighted by Crippen LogP contribution is -2.38. The highest BCUT2D eigenvalue weighted by molar-refractivity contribution is 7.92. The highest BCUT2D eigenvalue weighted by Crippen LogP contribution is 2.30. The molecule has 0 saturated heterocycles. The van der Waals surface area contributed by atoms with E-state index in [1.165, 1.54) is 18.2 Å². The molecule has 1 aromatic rings. The highest BCUT2D eigenvalue weighted by Gasteiger charge is 2.38. The van der Waals surface area contributed by atoms with Gasteiger partial charge in [-0.3, -0.25) is 0 Å². The van der Waals surface area contributed by atoms with Gasteiger partial charge in [0, 0.05) is 6.04 Å². The summed E-state index contributed by atoms with van der Waals surface area (Å²) >= 11 is 0. The Balaban J connectivity index is 2.40. The quantitative estimate of drug-likeness (QED) is 0.897. The monoisotopic (exact) mass is 257 g/mol. The van der Waals surface area contributed by atoms with Gasteiger partial charge >= 0.3 is 0 Å². The number of benzene rings is 1. The lowest BCUT2D eigenvalue weighted by Gasteiger charge is -2.19. The molecule has 1 N–H and O–H groups in total. The van der Waals surface area contributed by atoms with Crippen LogP contribution in [-0.4, -0.2) is 26.8 Å². The third-order valence-electron chi connectivity index (χ3n) is 3.37. The van der Waals surface area contributed by atoms with E-state index in [0.717, 1.165) is 12.8 Å². The van der Waals surface area contributed by atoms with Gasteiger partial charge in [-0.15, -0.1) is 0 Å². The lowest BCUT2D eigenvalue weighted by molar-refractivity contribution is 0.527. The molecule has 1 saturated carbocycles. The molecule has 1 fully saturated rings. The molecule has 2 atom stereocenters. The van der Waals surface area contributed by atoms with Crippen LogP contribution in [0, 0.1) is 5.82 Å². The van der Waals surface area contributed by atoms with Gasteiger partial charge < -0.3 is 5.32 Å². The Labute approximate surface area is 101 Å². The largest absolute Gasteiger partial charge is 0.316 e. The number of hydrogen-bond acceptors (Lipinski definition) is 3. The van der Waals surface area contributed by atoms with Crippen molar-refractivity contribution >= 4 is 9.84 Å².